The van der Waals surface area contributed by atoms with E-state index in [0.717, 1.165) is 40.9 Å². The Kier molecular flexibility index (Phi) is 7.96. The summed E-state index contributed by atoms with van der Waals surface area (Å²) in [5.74, 6) is 0.323. The second kappa shape index (κ2) is 11.2. The molecule has 1 unspecified atom stereocenters. The van der Waals surface area contributed by atoms with Crippen molar-refractivity contribution in [2.45, 2.75) is 66.1 Å². The standard InChI is InChI=1S/C31H36N2O4/c1-6-21-13-14-32-26(15-21)19-36-29-12-10-22(20(2)34)17-27(29)23-9-11-28-24(16-23)7-8-25(18-33-28)30(35)37-31(3,4)5/h9-17,25,33H,6-8,18-19H2,1-5H3. The highest BCUT2D eigenvalue weighted by Gasteiger charge is 2.27. The molecule has 1 aromatic heterocycles. The Morgan fingerprint density at radius 3 is 2.62 bits per heavy atom. The molecular weight excluding hydrogens is 464 g/mol. The number of hydrogen-bond donors (Lipinski definition) is 1. The number of pyridine rings is 1. The van der Waals surface area contributed by atoms with Crippen LogP contribution in [-0.2, 0) is 29.0 Å². The van der Waals surface area contributed by atoms with Crippen LogP contribution in [0.4, 0.5) is 5.69 Å². The third kappa shape index (κ3) is 6.76. The average molecular weight is 501 g/mol. The van der Waals surface area contributed by atoms with Crippen molar-refractivity contribution < 1.29 is 19.1 Å². The summed E-state index contributed by atoms with van der Waals surface area (Å²) in [6, 6.07) is 15.8. The zero-order valence-electron chi connectivity index (χ0n) is 22.4. The molecule has 4 rings (SSSR count). The number of Topliss-reactive ketones (excluding diaryl/α,β-unsaturated/α-hetero) is 1. The van der Waals surface area contributed by atoms with Crippen LogP contribution in [0, 0.1) is 5.92 Å². The van der Waals surface area contributed by atoms with Gasteiger partial charge in [-0.05, 0) is 106 Å². The fourth-order valence-corrected chi connectivity index (χ4v) is 4.47. The SMILES string of the molecule is CCc1ccnc(COc2ccc(C(C)=O)cc2-c2ccc3c(c2)CCC(C(=O)OC(C)(C)C)CN3)c1. The summed E-state index contributed by atoms with van der Waals surface area (Å²) < 4.78 is 11.8. The number of carbonyl (C=O) groups is 2. The van der Waals surface area contributed by atoms with Gasteiger partial charge in [0.05, 0.1) is 11.6 Å². The number of aromatic nitrogens is 1. The molecule has 0 bridgehead atoms. The lowest BCUT2D eigenvalue weighted by Crippen LogP contribution is -2.31. The summed E-state index contributed by atoms with van der Waals surface area (Å²) >= 11 is 0. The maximum atomic E-state index is 12.7. The fraction of sp³-hybridized carbons (Fsp3) is 0.387. The first kappa shape index (κ1) is 26.4. The first-order valence-electron chi connectivity index (χ1n) is 12.9. The molecule has 1 atom stereocenters. The van der Waals surface area contributed by atoms with E-state index in [9.17, 15) is 9.59 Å². The summed E-state index contributed by atoms with van der Waals surface area (Å²) in [5, 5.41) is 3.43. The quantitative estimate of drug-likeness (QED) is 0.298. The highest BCUT2D eigenvalue weighted by atomic mass is 16.6. The van der Waals surface area contributed by atoms with E-state index in [0.29, 0.717) is 30.9 Å². The molecule has 1 N–H and O–H groups in total. The van der Waals surface area contributed by atoms with Crippen molar-refractivity contribution in [2.24, 2.45) is 5.92 Å². The van der Waals surface area contributed by atoms with Crippen LogP contribution in [0.25, 0.3) is 11.1 Å². The zero-order chi connectivity index (χ0) is 26.6. The molecule has 0 spiro atoms. The smallest absolute Gasteiger partial charge is 0.311 e. The molecule has 0 saturated carbocycles. The van der Waals surface area contributed by atoms with Crippen molar-refractivity contribution in [1.29, 1.82) is 0 Å². The van der Waals surface area contributed by atoms with E-state index in [1.165, 1.54) is 5.56 Å². The second-order valence-electron chi connectivity index (χ2n) is 10.6. The van der Waals surface area contributed by atoms with E-state index in [-0.39, 0.29) is 17.7 Å². The lowest BCUT2D eigenvalue weighted by molar-refractivity contribution is -0.159. The lowest BCUT2D eigenvalue weighted by atomic mass is 9.95. The molecule has 0 fully saturated rings. The second-order valence-corrected chi connectivity index (χ2v) is 10.6. The largest absolute Gasteiger partial charge is 0.487 e. The van der Waals surface area contributed by atoms with Gasteiger partial charge in [0.15, 0.2) is 5.78 Å². The third-order valence-electron chi connectivity index (χ3n) is 6.51. The summed E-state index contributed by atoms with van der Waals surface area (Å²) in [4.78, 5) is 29.3. The number of ether oxygens (including phenoxy) is 2. The first-order chi connectivity index (χ1) is 17.6. The highest BCUT2D eigenvalue weighted by molar-refractivity contribution is 5.96. The molecular formula is C31H36N2O4. The minimum absolute atomic E-state index is 0.00161. The number of benzene rings is 2. The Balaban J connectivity index is 1.59. The van der Waals surface area contributed by atoms with Gasteiger partial charge in [0.2, 0.25) is 0 Å². The van der Waals surface area contributed by atoms with E-state index in [1.54, 1.807) is 19.2 Å². The van der Waals surface area contributed by atoms with E-state index in [1.807, 2.05) is 51.1 Å². The fourth-order valence-electron chi connectivity index (χ4n) is 4.47. The van der Waals surface area contributed by atoms with Crippen LogP contribution in [-0.4, -0.2) is 28.9 Å². The number of carbonyl (C=O) groups excluding carboxylic acids is 2. The molecule has 2 aromatic carbocycles. The van der Waals surface area contributed by atoms with Crippen LogP contribution in [0.2, 0.25) is 0 Å². The van der Waals surface area contributed by atoms with Crippen molar-refractivity contribution in [1.82, 2.24) is 4.98 Å². The third-order valence-corrected chi connectivity index (χ3v) is 6.51. The average Bonchev–Trinajstić information content (AvgIpc) is 3.09. The predicted molar refractivity (Wildman–Crippen MR) is 146 cm³/mol. The molecule has 1 aliphatic rings. The number of rotatable bonds is 7. The summed E-state index contributed by atoms with van der Waals surface area (Å²) in [5.41, 5.74) is 6.16. The highest BCUT2D eigenvalue weighted by Crippen LogP contribution is 2.36. The van der Waals surface area contributed by atoms with Crippen LogP contribution in [0.3, 0.4) is 0 Å². The van der Waals surface area contributed by atoms with Gasteiger partial charge >= 0.3 is 5.97 Å². The number of ketones is 1. The number of nitrogens with one attached hydrogen (secondary N) is 1. The van der Waals surface area contributed by atoms with Crippen molar-refractivity contribution in [2.75, 3.05) is 11.9 Å². The lowest BCUT2D eigenvalue weighted by Gasteiger charge is -2.23. The Morgan fingerprint density at radius 1 is 1.08 bits per heavy atom. The van der Waals surface area contributed by atoms with Gasteiger partial charge in [-0.15, -0.1) is 0 Å². The van der Waals surface area contributed by atoms with Crippen molar-refractivity contribution >= 4 is 17.4 Å². The van der Waals surface area contributed by atoms with Gasteiger partial charge in [-0.25, -0.2) is 0 Å². The van der Waals surface area contributed by atoms with E-state index in [4.69, 9.17) is 9.47 Å². The van der Waals surface area contributed by atoms with Gasteiger partial charge in [0, 0.05) is 29.6 Å². The Bertz CT molecular complexity index is 1290. The Morgan fingerprint density at radius 2 is 1.89 bits per heavy atom. The molecule has 194 valence electrons. The van der Waals surface area contributed by atoms with Crippen LogP contribution in [0.1, 0.15) is 68.2 Å². The zero-order valence-corrected chi connectivity index (χ0v) is 22.4. The van der Waals surface area contributed by atoms with Gasteiger partial charge in [-0.3, -0.25) is 14.6 Å². The number of anilines is 1. The molecule has 1 aliphatic heterocycles. The monoisotopic (exact) mass is 500 g/mol. The van der Waals surface area contributed by atoms with Gasteiger partial charge in [-0.2, -0.15) is 0 Å². The maximum Gasteiger partial charge on any atom is 0.311 e. The number of esters is 1. The first-order valence-corrected chi connectivity index (χ1v) is 12.9. The van der Waals surface area contributed by atoms with E-state index >= 15 is 0 Å². The van der Waals surface area contributed by atoms with Crippen LogP contribution >= 0.6 is 0 Å². The Labute approximate surface area is 219 Å². The van der Waals surface area contributed by atoms with Gasteiger partial charge in [-0.1, -0.05) is 13.0 Å². The topological polar surface area (TPSA) is 77.5 Å². The van der Waals surface area contributed by atoms with Crippen LogP contribution < -0.4 is 10.1 Å². The van der Waals surface area contributed by atoms with Crippen molar-refractivity contribution in [3.05, 3.63) is 77.1 Å². The Hall–Kier alpha value is -3.67. The number of nitrogens with zero attached hydrogens (tertiary/aromatic N) is 1. The van der Waals surface area contributed by atoms with Crippen LogP contribution in [0.15, 0.2) is 54.7 Å². The van der Waals surface area contributed by atoms with Gasteiger partial charge < -0.3 is 14.8 Å². The molecule has 6 nitrogen and oxygen atoms in total. The minimum atomic E-state index is -0.505. The number of hydrogen-bond acceptors (Lipinski definition) is 6. The van der Waals surface area contributed by atoms with Crippen LogP contribution in [0.5, 0.6) is 5.75 Å². The molecule has 37 heavy (non-hydrogen) atoms. The van der Waals surface area contributed by atoms with Gasteiger partial charge in [0.25, 0.3) is 0 Å². The molecule has 0 amide bonds. The minimum Gasteiger partial charge on any atom is -0.487 e. The van der Waals surface area contributed by atoms with Crippen molar-refractivity contribution in [3.63, 3.8) is 0 Å². The molecule has 3 aromatic rings. The van der Waals surface area contributed by atoms with Crippen molar-refractivity contribution in [3.8, 4) is 16.9 Å². The number of aryl methyl sites for hydroxylation is 2. The normalized spacial score (nSPS) is 15.2. The molecule has 0 aliphatic carbocycles. The summed E-state index contributed by atoms with van der Waals surface area (Å²) in [6.07, 6.45) is 4.19. The predicted octanol–water partition coefficient (Wildman–Crippen LogP) is 6.41. The molecule has 2 heterocycles. The van der Waals surface area contributed by atoms with E-state index < -0.39 is 5.60 Å². The molecule has 0 saturated heterocycles. The molecule has 6 heteroatoms. The summed E-state index contributed by atoms with van der Waals surface area (Å²) in [6.45, 7) is 10.2. The number of fused-ring (bicyclic) bond motifs is 1. The molecule has 0 radical (unpaired) electrons. The van der Waals surface area contributed by atoms with E-state index in [2.05, 4.69) is 29.4 Å². The summed E-state index contributed by atoms with van der Waals surface area (Å²) in [7, 11) is 0. The maximum absolute atomic E-state index is 12.7. The van der Waals surface area contributed by atoms with Gasteiger partial charge in [0.1, 0.15) is 18.0 Å².